The van der Waals surface area contributed by atoms with Gasteiger partial charge >= 0.3 is 0 Å². The second-order valence-corrected chi connectivity index (χ2v) is 6.76. The Labute approximate surface area is 166 Å². The van der Waals surface area contributed by atoms with Crippen LogP contribution in [0.15, 0.2) is 42.5 Å². The predicted molar refractivity (Wildman–Crippen MR) is 108 cm³/mol. The van der Waals surface area contributed by atoms with Crippen molar-refractivity contribution in [2.45, 2.75) is 18.9 Å². The number of rotatable bonds is 8. The molecule has 2 aromatic rings. The minimum atomic E-state index is -0.196. The van der Waals surface area contributed by atoms with E-state index in [0.29, 0.717) is 29.4 Å². The molecule has 0 radical (unpaired) electrons. The first-order chi connectivity index (χ1) is 13.7. The van der Waals surface area contributed by atoms with Crippen molar-refractivity contribution in [2.75, 3.05) is 41.0 Å². The molecule has 28 heavy (non-hydrogen) atoms. The van der Waals surface area contributed by atoms with Crippen LogP contribution >= 0.6 is 0 Å². The lowest BCUT2D eigenvalue weighted by Crippen LogP contribution is -2.36. The Morgan fingerprint density at radius 1 is 0.964 bits per heavy atom. The summed E-state index contributed by atoms with van der Waals surface area (Å²) in [6.45, 7) is 2.63. The maximum atomic E-state index is 12.9. The van der Waals surface area contributed by atoms with Crippen LogP contribution in [-0.4, -0.2) is 51.8 Å². The van der Waals surface area contributed by atoms with Gasteiger partial charge in [0.25, 0.3) is 5.91 Å². The Bertz CT molecular complexity index is 789. The molecule has 1 N–H and O–H groups in total. The van der Waals surface area contributed by atoms with Crippen LogP contribution in [0.25, 0.3) is 0 Å². The summed E-state index contributed by atoms with van der Waals surface area (Å²) < 4.78 is 16.1. The maximum absolute atomic E-state index is 12.9. The van der Waals surface area contributed by atoms with Crippen LogP contribution in [0.4, 0.5) is 0 Å². The molecule has 1 aliphatic rings. The van der Waals surface area contributed by atoms with Crippen molar-refractivity contribution in [1.29, 1.82) is 0 Å². The molecule has 1 aliphatic heterocycles. The number of amides is 1. The standard InChI is InChI=1S/C22H28N2O4/c1-26-19-12-11-17(20(27-2)21(19)28-3)22(25)23-15-18(24-13-7-8-14-24)16-9-5-4-6-10-16/h4-6,9-12,18H,7-8,13-15H2,1-3H3,(H,23,25). The molecule has 0 bridgehead atoms. The van der Waals surface area contributed by atoms with Gasteiger partial charge in [-0.15, -0.1) is 0 Å². The van der Waals surface area contributed by atoms with Crippen LogP contribution in [0.3, 0.4) is 0 Å². The SMILES string of the molecule is COc1ccc(C(=O)NCC(c2ccccc2)N2CCCC2)c(OC)c1OC. The summed E-state index contributed by atoms with van der Waals surface area (Å²) in [7, 11) is 4.60. The number of methoxy groups -OCH3 is 3. The zero-order valence-corrected chi connectivity index (χ0v) is 16.7. The Kier molecular flexibility index (Phi) is 6.76. The van der Waals surface area contributed by atoms with E-state index in [0.717, 1.165) is 13.1 Å². The molecule has 0 aromatic heterocycles. The Balaban J connectivity index is 1.80. The van der Waals surface area contributed by atoms with E-state index >= 15 is 0 Å². The van der Waals surface area contributed by atoms with Crippen molar-refractivity contribution in [3.05, 3.63) is 53.6 Å². The topological polar surface area (TPSA) is 60.0 Å². The molecule has 1 heterocycles. The van der Waals surface area contributed by atoms with Crippen LogP contribution in [0, 0.1) is 0 Å². The van der Waals surface area contributed by atoms with Gasteiger partial charge in [-0.25, -0.2) is 0 Å². The molecule has 0 saturated carbocycles. The number of likely N-dealkylation sites (tertiary alicyclic amines) is 1. The molecule has 1 saturated heterocycles. The highest BCUT2D eigenvalue weighted by Gasteiger charge is 2.25. The number of benzene rings is 2. The van der Waals surface area contributed by atoms with Gasteiger partial charge in [-0.05, 0) is 43.6 Å². The van der Waals surface area contributed by atoms with Gasteiger partial charge in [0.2, 0.25) is 5.75 Å². The summed E-state index contributed by atoms with van der Waals surface area (Å²) in [4.78, 5) is 15.4. The molecule has 150 valence electrons. The van der Waals surface area contributed by atoms with Crippen molar-refractivity contribution in [3.8, 4) is 17.2 Å². The van der Waals surface area contributed by atoms with Crippen LogP contribution in [-0.2, 0) is 0 Å². The zero-order chi connectivity index (χ0) is 19.9. The van der Waals surface area contributed by atoms with E-state index in [2.05, 4.69) is 22.3 Å². The van der Waals surface area contributed by atoms with Gasteiger partial charge in [0.1, 0.15) is 0 Å². The molecule has 0 aliphatic carbocycles. The van der Waals surface area contributed by atoms with Gasteiger partial charge in [0, 0.05) is 6.54 Å². The third kappa shape index (κ3) is 4.22. The molecule has 1 unspecified atom stereocenters. The van der Waals surface area contributed by atoms with Crippen molar-refractivity contribution >= 4 is 5.91 Å². The molecule has 1 fully saturated rings. The van der Waals surface area contributed by atoms with Crippen LogP contribution in [0.1, 0.15) is 34.8 Å². The van der Waals surface area contributed by atoms with Crippen LogP contribution in [0.2, 0.25) is 0 Å². The highest BCUT2D eigenvalue weighted by atomic mass is 16.5. The fraction of sp³-hybridized carbons (Fsp3) is 0.409. The lowest BCUT2D eigenvalue weighted by Gasteiger charge is -2.28. The Hall–Kier alpha value is -2.73. The number of ether oxygens (including phenoxy) is 3. The number of hydrogen-bond acceptors (Lipinski definition) is 5. The normalized spacial score (nSPS) is 15.1. The van der Waals surface area contributed by atoms with Gasteiger partial charge in [-0.2, -0.15) is 0 Å². The molecule has 3 rings (SSSR count). The van der Waals surface area contributed by atoms with E-state index in [1.165, 1.54) is 32.6 Å². The van der Waals surface area contributed by atoms with Crippen molar-refractivity contribution in [1.82, 2.24) is 10.2 Å². The van der Waals surface area contributed by atoms with Gasteiger partial charge in [0.05, 0.1) is 32.9 Å². The lowest BCUT2D eigenvalue weighted by molar-refractivity contribution is 0.0934. The summed E-state index contributed by atoms with van der Waals surface area (Å²) in [5.41, 5.74) is 1.64. The monoisotopic (exact) mass is 384 g/mol. The van der Waals surface area contributed by atoms with Crippen LogP contribution in [0.5, 0.6) is 17.2 Å². The quantitative estimate of drug-likeness (QED) is 0.757. The molecule has 2 aromatic carbocycles. The molecule has 1 amide bonds. The maximum Gasteiger partial charge on any atom is 0.255 e. The molecule has 0 spiro atoms. The zero-order valence-electron chi connectivity index (χ0n) is 16.7. The summed E-state index contributed by atoms with van der Waals surface area (Å²) in [5.74, 6) is 1.11. The molecule has 6 heteroatoms. The summed E-state index contributed by atoms with van der Waals surface area (Å²) in [6, 6.07) is 13.9. The van der Waals surface area contributed by atoms with E-state index in [-0.39, 0.29) is 11.9 Å². The average molecular weight is 384 g/mol. The third-order valence-electron chi connectivity index (χ3n) is 5.17. The molecular formula is C22H28N2O4. The van der Waals surface area contributed by atoms with Gasteiger partial charge < -0.3 is 19.5 Å². The first kappa shape index (κ1) is 20.0. The van der Waals surface area contributed by atoms with Gasteiger partial charge in [0.15, 0.2) is 11.5 Å². The lowest BCUT2D eigenvalue weighted by atomic mass is 10.1. The minimum Gasteiger partial charge on any atom is -0.493 e. The average Bonchev–Trinajstić information content (AvgIpc) is 3.27. The summed E-state index contributed by atoms with van der Waals surface area (Å²) in [6.07, 6.45) is 2.39. The van der Waals surface area contributed by atoms with E-state index in [9.17, 15) is 4.79 Å². The molecule has 1 atom stereocenters. The van der Waals surface area contributed by atoms with Crippen LogP contribution < -0.4 is 19.5 Å². The second kappa shape index (κ2) is 9.46. The Morgan fingerprint density at radius 3 is 2.25 bits per heavy atom. The number of carbonyl (C=O) groups is 1. The van der Waals surface area contributed by atoms with E-state index < -0.39 is 0 Å². The first-order valence-electron chi connectivity index (χ1n) is 9.55. The van der Waals surface area contributed by atoms with E-state index in [1.807, 2.05) is 18.2 Å². The number of nitrogens with one attached hydrogen (secondary N) is 1. The second-order valence-electron chi connectivity index (χ2n) is 6.76. The van der Waals surface area contributed by atoms with Crippen molar-refractivity contribution < 1.29 is 19.0 Å². The first-order valence-corrected chi connectivity index (χ1v) is 9.55. The van der Waals surface area contributed by atoms with Gasteiger partial charge in [-0.1, -0.05) is 30.3 Å². The number of hydrogen-bond donors (Lipinski definition) is 1. The summed E-state index contributed by atoms with van der Waals surface area (Å²) in [5, 5.41) is 3.08. The third-order valence-corrected chi connectivity index (χ3v) is 5.17. The highest BCUT2D eigenvalue weighted by Crippen LogP contribution is 2.39. The fourth-order valence-corrected chi connectivity index (χ4v) is 3.75. The van der Waals surface area contributed by atoms with E-state index in [4.69, 9.17) is 14.2 Å². The molecular weight excluding hydrogens is 356 g/mol. The molecule has 6 nitrogen and oxygen atoms in total. The highest BCUT2D eigenvalue weighted by molar-refractivity contribution is 5.98. The van der Waals surface area contributed by atoms with Gasteiger partial charge in [-0.3, -0.25) is 9.69 Å². The largest absolute Gasteiger partial charge is 0.493 e. The number of carbonyl (C=O) groups excluding carboxylic acids is 1. The van der Waals surface area contributed by atoms with Crippen molar-refractivity contribution in [3.63, 3.8) is 0 Å². The van der Waals surface area contributed by atoms with Crippen molar-refractivity contribution in [2.24, 2.45) is 0 Å². The fourth-order valence-electron chi connectivity index (χ4n) is 3.75. The number of nitrogens with zero attached hydrogens (tertiary/aromatic N) is 1. The minimum absolute atomic E-state index is 0.152. The van der Waals surface area contributed by atoms with E-state index in [1.54, 1.807) is 19.2 Å². The predicted octanol–water partition coefficient (Wildman–Crippen LogP) is 3.28. The smallest absolute Gasteiger partial charge is 0.255 e. The Morgan fingerprint density at radius 2 is 1.64 bits per heavy atom. The summed E-state index contributed by atoms with van der Waals surface area (Å²) >= 11 is 0.